The Hall–Kier alpha value is -2.42. The summed E-state index contributed by atoms with van der Waals surface area (Å²) in [6.07, 6.45) is 3.57. The summed E-state index contributed by atoms with van der Waals surface area (Å²) in [5, 5.41) is 21.7. The Morgan fingerprint density at radius 1 is 1.11 bits per heavy atom. The molecule has 2 rings (SSSR count). The van der Waals surface area contributed by atoms with Gasteiger partial charge in [-0.15, -0.1) is 5.11 Å². The van der Waals surface area contributed by atoms with Crippen molar-refractivity contribution in [1.29, 1.82) is 0 Å². The fraction of sp³-hybridized carbons (Fsp3) is 0.667. The molecule has 1 aromatic rings. The summed E-state index contributed by atoms with van der Waals surface area (Å²) < 4.78 is 16.6. The molecule has 0 amide bonds. The molecular weight excluding hydrogens is 352 g/mol. The number of hydrogen-bond donors (Lipinski definition) is 0. The Kier molecular flexibility index (Phi) is 8.76. The van der Waals surface area contributed by atoms with Gasteiger partial charge in [-0.05, 0) is 12.8 Å². The molecule has 0 radical (unpaired) electrons. The van der Waals surface area contributed by atoms with Crippen LogP contribution in [0.2, 0.25) is 0 Å². The highest BCUT2D eigenvalue weighted by Crippen LogP contribution is 2.40. The maximum atomic E-state index is 11.4. The van der Waals surface area contributed by atoms with E-state index in [1.807, 2.05) is 6.92 Å². The molecule has 9 heteroatoms. The molecule has 0 unspecified atom stereocenters. The molecule has 1 aromatic carbocycles. The van der Waals surface area contributed by atoms with Gasteiger partial charge in [0.15, 0.2) is 11.5 Å². The highest BCUT2D eigenvalue weighted by molar-refractivity contribution is 5.64. The van der Waals surface area contributed by atoms with Gasteiger partial charge >= 0.3 is 5.69 Å². The lowest BCUT2D eigenvalue weighted by Crippen LogP contribution is -2.31. The molecule has 0 atom stereocenters. The van der Waals surface area contributed by atoms with E-state index < -0.39 is 4.92 Å². The minimum atomic E-state index is -0.461. The van der Waals surface area contributed by atoms with Gasteiger partial charge in [0.1, 0.15) is 5.69 Å². The van der Waals surface area contributed by atoms with E-state index in [4.69, 9.17) is 14.2 Å². The number of nitrogens with zero attached hydrogens (tertiary/aromatic N) is 4. The second-order valence-corrected chi connectivity index (χ2v) is 6.20. The van der Waals surface area contributed by atoms with Crippen LogP contribution in [-0.2, 0) is 4.74 Å². The summed E-state index contributed by atoms with van der Waals surface area (Å²) in [5.41, 5.74) is 0.303. The molecule has 27 heavy (non-hydrogen) atoms. The van der Waals surface area contributed by atoms with Crippen LogP contribution in [0.3, 0.4) is 0 Å². The Morgan fingerprint density at radius 3 is 2.33 bits per heavy atom. The van der Waals surface area contributed by atoms with Crippen LogP contribution in [0.5, 0.6) is 11.5 Å². The first-order valence-corrected chi connectivity index (χ1v) is 9.48. The molecule has 150 valence electrons. The molecule has 1 heterocycles. The number of morpholine rings is 1. The predicted octanol–water partition coefficient (Wildman–Crippen LogP) is 4.28. The molecule has 1 fully saturated rings. The van der Waals surface area contributed by atoms with Crippen LogP contribution in [0.1, 0.15) is 39.5 Å². The van der Waals surface area contributed by atoms with Crippen LogP contribution < -0.4 is 9.47 Å². The van der Waals surface area contributed by atoms with Crippen LogP contribution in [0, 0.1) is 10.1 Å². The standard InChI is InChI=1S/C18H28N4O5/c1-3-5-9-26-17-14-16(22(23)24)18(27-10-6-4-2)13-15(17)19-20-21-7-11-25-12-8-21/h13-14H,3-12H2,1-2H3. The molecule has 1 aliphatic heterocycles. The quantitative estimate of drug-likeness (QED) is 0.246. The Labute approximate surface area is 159 Å². The van der Waals surface area contributed by atoms with E-state index in [9.17, 15) is 10.1 Å². The van der Waals surface area contributed by atoms with Gasteiger partial charge in [0.2, 0.25) is 0 Å². The van der Waals surface area contributed by atoms with Gasteiger partial charge in [0.25, 0.3) is 0 Å². The Bertz CT molecular complexity index is 632. The van der Waals surface area contributed by atoms with Gasteiger partial charge in [-0.2, -0.15) is 0 Å². The molecule has 0 spiro atoms. The summed E-state index contributed by atoms with van der Waals surface area (Å²) in [5.74, 6) is 0.530. The maximum Gasteiger partial charge on any atom is 0.314 e. The highest BCUT2D eigenvalue weighted by atomic mass is 16.6. The molecule has 9 nitrogen and oxygen atoms in total. The smallest absolute Gasteiger partial charge is 0.314 e. The van der Waals surface area contributed by atoms with Crippen molar-refractivity contribution in [3.63, 3.8) is 0 Å². The largest absolute Gasteiger partial charge is 0.491 e. The number of nitro benzene ring substituents is 1. The molecule has 0 saturated carbocycles. The number of hydrogen-bond acceptors (Lipinski definition) is 7. The van der Waals surface area contributed by atoms with E-state index in [1.54, 1.807) is 11.1 Å². The van der Waals surface area contributed by atoms with Crippen molar-refractivity contribution < 1.29 is 19.1 Å². The van der Waals surface area contributed by atoms with Crippen molar-refractivity contribution >= 4 is 11.4 Å². The topological polar surface area (TPSA) is 98.8 Å². The van der Waals surface area contributed by atoms with Gasteiger partial charge in [-0.1, -0.05) is 31.9 Å². The summed E-state index contributed by atoms with van der Waals surface area (Å²) in [7, 11) is 0. The normalized spacial score (nSPS) is 14.5. The molecule has 0 N–H and O–H groups in total. The molecule has 1 aliphatic rings. The fourth-order valence-electron chi connectivity index (χ4n) is 2.40. The van der Waals surface area contributed by atoms with E-state index >= 15 is 0 Å². The first kappa shape index (κ1) is 20.9. The highest BCUT2D eigenvalue weighted by Gasteiger charge is 2.21. The van der Waals surface area contributed by atoms with Crippen LogP contribution in [-0.4, -0.2) is 49.4 Å². The number of rotatable bonds is 11. The third-order valence-corrected chi connectivity index (χ3v) is 4.01. The van der Waals surface area contributed by atoms with Crippen LogP contribution in [0.4, 0.5) is 11.4 Å². The van der Waals surface area contributed by atoms with Gasteiger partial charge in [0.05, 0.1) is 50.5 Å². The monoisotopic (exact) mass is 380 g/mol. The second-order valence-electron chi connectivity index (χ2n) is 6.20. The van der Waals surface area contributed by atoms with Crippen molar-refractivity contribution in [2.45, 2.75) is 39.5 Å². The zero-order chi connectivity index (χ0) is 19.5. The Morgan fingerprint density at radius 2 is 1.74 bits per heavy atom. The Balaban J connectivity index is 2.28. The zero-order valence-electron chi connectivity index (χ0n) is 16.1. The minimum Gasteiger partial charge on any atom is -0.491 e. The van der Waals surface area contributed by atoms with E-state index in [-0.39, 0.29) is 11.4 Å². The molecular formula is C18H28N4O5. The van der Waals surface area contributed by atoms with Crippen molar-refractivity contribution in [2.75, 3.05) is 39.5 Å². The average Bonchev–Trinajstić information content (AvgIpc) is 2.68. The van der Waals surface area contributed by atoms with Gasteiger partial charge in [-0.25, -0.2) is 0 Å². The van der Waals surface area contributed by atoms with Crippen LogP contribution >= 0.6 is 0 Å². The second kappa shape index (κ2) is 11.3. The summed E-state index contributed by atoms with van der Waals surface area (Å²) >= 11 is 0. The molecule has 0 aromatic heterocycles. The summed E-state index contributed by atoms with van der Waals surface area (Å²) in [6, 6.07) is 2.92. The predicted molar refractivity (Wildman–Crippen MR) is 101 cm³/mol. The zero-order valence-corrected chi connectivity index (χ0v) is 16.1. The number of benzene rings is 1. The van der Waals surface area contributed by atoms with Crippen LogP contribution in [0.15, 0.2) is 22.5 Å². The number of nitro groups is 1. The average molecular weight is 380 g/mol. The first-order valence-electron chi connectivity index (χ1n) is 9.48. The van der Waals surface area contributed by atoms with E-state index in [2.05, 4.69) is 17.3 Å². The lowest BCUT2D eigenvalue weighted by Gasteiger charge is -2.22. The number of ether oxygens (including phenoxy) is 3. The van der Waals surface area contributed by atoms with E-state index in [1.165, 1.54) is 6.07 Å². The third-order valence-electron chi connectivity index (χ3n) is 4.01. The first-order chi connectivity index (χ1) is 13.2. The fourth-order valence-corrected chi connectivity index (χ4v) is 2.40. The van der Waals surface area contributed by atoms with Gasteiger partial charge < -0.3 is 14.2 Å². The van der Waals surface area contributed by atoms with E-state index in [0.717, 1.165) is 25.7 Å². The number of unbranched alkanes of at least 4 members (excludes halogenated alkanes) is 2. The lowest BCUT2D eigenvalue weighted by molar-refractivity contribution is -0.385. The van der Waals surface area contributed by atoms with Crippen molar-refractivity contribution in [3.8, 4) is 11.5 Å². The van der Waals surface area contributed by atoms with Crippen molar-refractivity contribution in [1.82, 2.24) is 5.01 Å². The van der Waals surface area contributed by atoms with Gasteiger partial charge in [-0.3, -0.25) is 15.1 Å². The van der Waals surface area contributed by atoms with Crippen molar-refractivity contribution in [3.05, 3.63) is 22.2 Å². The molecule has 0 bridgehead atoms. The van der Waals surface area contributed by atoms with Gasteiger partial charge in [0, 0.05) is 6.07 Å². The molecule has 1 saturated heterocycles. The molecule has 0 aliphatic carbocycles. The summed E-state index contributed by atoms with van der Waals surface area (Å²) in [6.45, 7) is 7.47. The minimum absolute atomic E-state index is 0.122. The lowest BCUT2D eigenvalue weighted by atomic mass is 10.2. The maximum absolute atomic E-state index is 11.4. The third kappa shape index (κ3) is 6.67. The van der Waals surface area contributed by atoms with E-state index in [0.29, 0.717) is 51.0 Å². The van der Waals surface area contributed by atoms with Crippen molar-refractivity contribution in [2.24, 2.45) is 10.3 Å². The van der Waals surface area contributed by atoms with Crippen LogP contribution in [0.25, 0.3) is 0 Å². The summed E-state index contributed by atoms with van der Waals surface area (Å²) in [4.78, 5) is 11.0. The SMILES string of the molecule is CCCCOc1cc([N+](=O)[O-])c(OCCCC)cc1N=NN1CCOCC1.